The van der Waals surface area contributed by atoms with Gasteiger partial charge in [0.25, 0.3) is 0 Å². The summed E-state index contributed by atoms with van der Waals surface area (Å²) in [6.45, 7) is 4.94. The lowest BCUT2D eigenvalue weighted by Gasteiger charge is -2.10. The summed E-state index contributed by atoms with van der Waals surface area (Å²) in [5, 5.41) is 0. The van der Waals surface area contributed by atoms with E-state index in [1.165, 1.54) is 27.8 Å². The van der Waals surface area contributed by atoms with Crippen molar-refractivity contribution in [1.82, 2.24) is 0 Å². The Bertz CT molecular complexity index is 497. The first-order valence-electron chi connectivity index (χ1n) is 6.13. The highest BCUT2D eigenvalue weighted by molar-refractivity contribution is 5.68. The molecule has 0 bridgehead atoms. The summed E-state index contributed by atoms with van der Waals surface area (Å²) < 4.78 is 0. The third-order valence-electron chi connectivity index (χ3n) is 3.15. The van der Waals surface area contributed by atoms with Crippen LogP contribution in [0.5, 0.6) is 0 Å². The molecule has 1 nitrogen and oxygen atoms in total. The molecular weight excluding hydrogens is 206 g/mol. The molecule has 2 aromatic rings. The average Bonchev–Trinajstić information content (AvgIpc) is 2.39. The molecule has 0 fully saturated rings. The zero-order valence-corrected chi connectivity index (χ0v) is 10.5. The van der Waals surface area contributed by atoms with Crippen molar-refractivity contribution in [3.8, 4) is 11.1 Å². The Morgan fingerprint density at radius 1 is 1.00 bits per heavy atom. The molecule has 2 rings (SSSR count). The SMILES string of the molecule is CCc1ccc(C)cc1-c1ccc(CN)cc1. The molecule has 0 unspecified atom stereocenters. The molecule has 0 spiro atoms. The molecule has 1 heteroatoms. The van der Waals surface area contributed by atoms with Gasteiger partial charge in [-0.3, -0.25) is 0 Å². The Balaban J connectivity index is 2.47. The van der Waals surface area contributed by atoms with E-state index in [2.05, 4.69) is 56.3 Å². The summed E-state index contributed by atoms with van der Waals surface area (Å²) in [7, 11) is 0. The van der Waals surface area contributed by atoms with E-state index in [1.807, 2.05) is 0 Å². The molecule has 0 heterocycles. The first-order valence-corrected chi connectivity index (χ1v) is 6.13. The van der Waals surface area contributed by atoms with E-state index in [4.69, 9.17) is 5.73 Å². The Labute approximate surface area is 103 Å². The normalized spacial score (nSPS) is 10.5. The maximum absolute atomic E-state index is 5.62. The first kappa shape index (κ1) is 11.9. The standard InChI is InChI=1S/C16H19N/c1-3-14-7-4-12(2)10-16(14)15-8-5-13(11-17)6-9-15/h4-10H,3,11,17H2,1-2H3. The molecular formula is C16H19N. The average molecular weight is 225 g/mol. The van der Waals surface area contributed by atoms with Gasteiger partial charge in [-0.25, -0.2) is 0 Å². The summed E-state index contributed by atoms with van der Waals surface area (Å²) in [6.07, 6.45) is 1.06. The van der Waals surface area contributed by atoms with E-state index in [1.54, 1.807) is 0 Å². The van der Waals surface area contributed by atoms with Crippen LogP contribution in [-0.4, -0.2) is 0 Å². The molecule has 0 atom stereocenters. The maximum atomic E-state index is 5.62. The summed E-state index contributed by atoms with van der Waals surface area (Å²) >= 11 is 0. The van der Waals surface area contributed by atoms with Gasteiger partial charge in [-0.1, -0.05) is 55.0 Å². The lowest BCUT2D eigenvalue weighted by atomic mass is 9.95. The predicted octanol–water partition coefficient (Wildman–Crippen LogP) is 3.68. The van der Waals surface area contributed by atoms with E-state index >= 15 is 0 Å². The Kier molecular flexibility index (Phi) is 3.60. The topological polar surface area (TPSA) is 26.0 Å². The van der Waals surface area contributed by atoms with Gasteiger partial charge < -0.3 is 5.73 Å². The number of hydrogen-bond acceptors (Lipinski definition) is 1. The molecule has 0 amide bonds. The van der Waals surface area contributed by atoms with Crippen molar-refractivity contribution < 1.29 is 0 Å². The number of rotatable bonds is 3. The first-order chi connectivity index (χ1) is 8.24. The number of nitrogens with two attached hydrogens (primary N) is 1. The maximum Gasteiger partial charge on any atom is 0.0178 e. The smallest absolute Gasteiger partial charge is 0.0178 e. The van der Waals surface area contributed by atoms with Crippen LogP contribution in [0.4, 0.5) is 0 Å². The van der Waals surface area contributed by atoms with E-state index in [9.17, 15) is 0 Å². The van der Waals surface area contributed by atoms with E-state index in [0.717, 1.165) is 6.42 Å². The van der Waals surface area contributed by atoms with Crippen LogP contribution >= 0.6 is 0 Å². The highest BCUT2D eigenvalue weighted by atomic mass is 14.5. The highest BCUT2D eigenvalue weighted by Gasteiger charge is 2.04. The third-order valence-corrected chi connectivity index (χ3v) is 3.15. The fourth-order valence-corrected chi connectivity index (χ4v) is 2.09. The molecule has 88 valence electrons. The lowest BCUT2D eigenvalue weighted by Crippen LogP contribution is -1.95. The third kappa shape index (κ3) is 2.56. The lowest BCUT2D eigenvalue weighted by molar-refractivity contribution is 1.07. The van der Waals surface area contributed by atoms with Crippen LogP contribution in [0.15, 0.2) is 42.5 Å². The van der Waals surface area contributed by atoms with Crippen LogP contribution in [0.3, 0.4) is 0 Å². The Hall–Kier alpha value is -1.60. The quantitative estimate of drug-likeness (QED) is 0.847. The molecule has 0 aliphatic carbocycles. The van der Waals surface area contributed by atoms with Crippen LogP contribution in [0, 0.1) is 6.92 Å². The highest BCUT2D eigenvalue weighted by Crippen LogP contribution is 2.25. The van der Waals surface area contributed by atoms with Crippen LogP contribution in [0.25, 0.3) is 11.1 Å². The largest absolute Gasteiger partial charge is 0.326 e. The van der Waals surface area contributed by atoms with Crippen LogP contribution in [-0.2, 0) is 13.0 Å². The molecule has 17 heavy (non-hydrogen) atoms. The Morgan fingerprint density at radius 2 is 1.71 bits per heavy atom. The number of benzene rings is 2. The fraction of sp³-hybridized carbons (Fsp3) is 0.250. The molecule has 2 N–H and O–H groups in total. The molecule has 0 aromatic heterocycles. The van der Waals surface area contributed by atoms with Crippen LogP contribution in [0.1, 0.15) is 23.6 Å². The van der Waals surface area contributed by atoms with Gasteiger partial charge in [-0.15, -0.1) is 0 Å². The number of hydrogen-bond donors (Lipinski definition) is 1. The number of aryl methyl sites for hydroxylation is 2. The van der Waals surface area contributed by atoms with Gasteiger partial charge >= 0.3 is 0 Å². The van der Waals surface area contributed by atoms with Gasteiger partial charge in [-0.2, -0.15) is 0 Å². The van der Waals surface area contributed by atoms with E-state index in [-0.39, 0.29) is 0 Å². The van der Waals surface area contributed by atoms with Gasteiger partial charge in [0.05, 0.1) is 0 Å². The van der Waals surface area contributed by atoms with Crippen molar-refractivity contribution in [2.24, 2.45) is 5.73 Å². The molecule has 0 radical (unpaired) electrons. The fourth-order valence-electron chi connectivity index (χ4n) is 2.09. The van der Waals surface area contributed by atoms with Crippen molar-refractivity contribution in [2.45, 2.75) is 26.8 Å². The van der Waals surface area contributed by atoms with Crippen molar-refractivity contribution in [3.05, 3.63) is 59.2 Å². The summed E-state index contributed by atoms with van der Waals surface area (Å²) in [5.74, 6) is 0. The van der Waals surface area contributed by atoms with Crippen molar-refractivity contribution in [1.29, 1.82) is 0 Å². The molecule has 0 saturated carbocycles. The summed E-state index contributed by atoms with van der Waals surface area (Å²) in [6, 6.07) is 15.2. The molecule has 2 aromatic carbocycles. The van der Waals surface area contributed by atoms with E-state index < -0.39 is 0 Å². The van der Waals surface area contributed by atoms with E-state index in [0.29, 0.717) is 6.54 Å². The van der Waals surface area contributed by atoms with Gasteiger partial charge in [0.1, 0.15) is 0 Å². The van der Waals surface area contributed by atoms with Crippen LogP contribution in [0.2, 0.25) is 0 Å². The van der Waals surface area contributed by atoms with Gasteiger partial charge in [0, 0.05) is 6.54 Å². The predicted molar refractivity (Wildman–Crippen MR) is 73.9 cm³/mol. The second-order valence-corrected chi connectivity index (χ2v) is 4.42. The van der Waals surface area contributed by atoms with Crippen LogP contribution < -0.4 is 5.73 Å². The minimum Gasteiger partial charge on any atom is -0.326 e. The van der Waals surface area contributed by atoms with Gasteiger partial charge in [0.2, 0.25) is 0 Å². The Morgan fingerprint density at radius 3 is 2.29 bits per heavy atom. The zero-order chi connectivity index (χ0) is 12.3. The summed E-state index contributed by atoms with van der Waals surface area (Å²) in [5.41, 5.74) is 12.1. The van der Waals surface area contributed by atoms with Crippen molar-refractivity contribution >= 4 is 0 Å². The van der Waals surface area contributed by atoms with Gasteiger partial charge in [0.15, 0.2) is 0 Å². The molecule has 0 aliphatic rings. The zero-order valence-electron chi connectivity index (χ0n) is 10.5. The summed E-state index contributed by atoms with van der Waals surface area (Å²) in [4.78, 5) is 0. The molecule has 0 saturated heterocycles. The second kappa shape index (κ2) is 5.15. The minimum absolute atomic E-state index is 0.606. The minimum atomic E-state index is 0.606. The van der Waals surface area contributed by atoms with Crippen molar-refractivity contribution in [2.75, 3.05) is 0 Å². The monoisotopic (exact) mass is 225 g/mol. The second-order valence-electron chi connectivity index (χ2n) is 4.42. The molecule has 0 aliphatic heterocycles. The van der Waals surface area contributed by atoms with Gasteiger partial charge in [-0.05, 0) is 35.6 Å². The van der Waals surface area contributed by atoms with Crippen molar-refractivity contribution in [3.63, 3.8) is 0 Å².